The highest BCUT2D eigenvalue weighted by molar-refractivity contribution is 6.44. The molecule has 4 atom stereocenters. The first-order valence-corrected chi connectivity index (χ1v) is 8.04. The van der Waals surface area contributed by atoms with Crippen LogP contribution in [0, 0.1) is 0 Å². The van der Waals surface area contributed by atoms with E-state index in [4.69, 9.17) is 5.11 Å². The molecule has 0 aliphatic carbocycles. The number of amides is 1. The Hall–Kier alpha value is -2.30. The van der Waals surface area contributed by atoms with Crippen molar-refractivity contribution in [3.8, 4) is 0 Å². The quantitative estimate of drug-likeness (QED) is 0.340. The minimum absolute atomic E-state index is 0.0985. The molecule has 1 aromatic rings. The number of hydrazone groups is 1. The number of aliphatic hydroxyl groups excluding tert-OH is 5. The van der Waals surface area contributed by atoms with E-state index in [1.165, 1.54) is 13.1 Å². The minimum Gasteiger partial charge on any atom is -0.394 e. The topological polar surface area (TPSA) is 146 Å². The summed E-state index contributed by atoms with van der Waals surface area (Å²) in [5.74, 6) is -0.509. The van der Waals surface area contributed by atoms with E-state index in [1.54, 1.807) is 6.08 Å². The van der Waals surface area contributed by atoms with Crippen LogP contribution in [0.25, 0.3) is 6.08 Å². The smallest absolute Gasteiger partial charge is 0.274 e. The Morgan fingerprint density at radius 2 is 1.77 bits per heavy atom. The number of nitrogens with zero attached hydrogens (tertiary/aromatic N) is 2. The van der Waals surface area contributed by atoms with Gasteiger partial charge in [-0.3, -0.25) is 10.2 Å². The lowest BCUT2D eigenvalue weighted by Gasteiger charge is -2.28. The van der Waals surface area contributed by atoms with Crippen molar-refractivity contribution in [2.24, 2.45) is 5.10 Å². The van der Waals surface area contributed by atoms with Crippen LogP contribution >= 0.6 is 0 Å². The molecule has 0 fully saturated rings. The van der Waals surface area contributed by atoms with Gasteiger partial charge < -0.3 is 30.4 Å². The second-order valence-electron chi connectivity index (χ2n) is 6.01. The molecule has 0 bridgehead atoms. The molecule has 1 heterocycles. The maximum atomic E-state index is 12.5. The van der Waals surface area contributed by atoms with E-state index in [2.05, 4.69) is 10.5 Å². The van der Waals surface area contributed by atoms with Gasteiger partial charge in [0.1, 0.15) is 30.1 Å². The average Bonchev–Trinajstić information content (AvgIpc) is 2.88. The van der Waals surface area contributed by atoms with Gasteiger partial charge in [-0.05, 0) is 17.7 Å². The number of hydrogen-bond donors (Lipinski definition) is 6. The molecular formula is C17H23N3O6. The van der Waals surface area contributed by atoms with Crippen LogP contribution in [0.5, 0.6) is 0 Å². The summed E-state index contributed by atoms with van der Waals surface area (Å²) in [5, 5.41) is 51.6. The van der Waals surface area contributed by atoms with E-state index in [1.807, 2.05) is 24.3 Å². The first-order valence-electron chi connectivity index (χ1n) is 8.04. The van der Waals surface area contributed by atoms with E-state index >= 15 is 0 Å². The molecule has 142 valence electrons. The second-order valence-corrected chi connectivity index (χ2v) is 6.01. The van der Waals surface area contributed by atoms with Crippen LogP contribution in [0.4, 0.5) is 5.69 Å². The zero-order valence-electron chi connectivity index (χ0n) is 14.2. The number of anilines is 1. The molecule has 0 saturated heterocycles. The van der Waals surface area contributed by atoms with Gasteiger partial charge in [0.2, 0.25) is 0 Å². The van der Waals surface area contributed by atoms with E-state index in [0.717, 1.165) is 16.2 Å². The Kier molecular flexibility index (Phi) is 6.83. The third kappa shape index (κ3) is 4.65. The Morgan fingerprint density at radius 1 is 1.12 bits per heavy atom. The maximum absolute atomic E-state index is 12.5. The van der Waals surface area contributed by atoms with Crippen LogP contribution in [0.15, 0.2) is 35.4 Å². The van der Waals surface area contributed by atoms with Gasteiger partial charge in [-0.1, -0.05) is 24.3 Å². The van der Waals surface area contributed by atoms with E-state index in [0.29, 0.717) is 0 Å². The fourth-order valence-electron chi connectivity index (χ4n) is 2.42. The molecule has 1 aliphatic rings. The van der Waals surface area contributed by atoms with Crippen molar-refractivity contribution in [1.29, 1.82) is 0 Å². The summed E-state index contributed by atoms with van der Waals surface area (Å²) in [4.78, 5) is 13.6. The molecule has 9 heteroatoms. The van der Waals surface area contributed by atoms with E-state index < -0.39 is 36.9 Å². The van der Waals surface area contributed by atoms with Gasteiger partial charge in [0.15, 0.2) is 0 Å². The van der Waals surface area contributed by atoms with Crippen LogP contribution < -0.4 is 5.43 Å². The van der Waals surface area contributed by atoms with E-state index in [-0.39, 0.29) is 12.3 Å². The van der Waals surface area contributed by atoms with Crippen LogP contribution in [0.3, 0.4) is 0 Å². The molecule has 1 amide bonds. The number of nitrogens with one attached hydrogen (secondary N) is 1. The molecular weight excluding hydrogens is 342 g/mol. The lowest BCUT2D eigenvalue weighted by molar-refractivity contribution is -0.132. The fourth-order valence-corrected chi connectivity index (χ4v) is 2.42. The van der Waals surface area contributed by atoms with Gasteiger partial charge in [-0.15, -0.1) is 0 Å². The Labute approximate surface area is 150 Å². The molecule has 1 aromatic carbocycles. The largest absolute Gasteiger partial charge is 0.394 e. The minimum atomic E-state index is -1.75. The summed E-state index contributed by atoms with van der Waals surface area (Å²) < 4.78 is 0. The number of carbonyl (C=O) groups excluding carboxylic acids is 1. The normalized spacial score (nSPS) is 17.8. The summed E-state index contributed by atoms with van der Waals surface area (Å²) in [6.07, 6.45) is -3.35. The number of rotatable bonds is 7. The van der Waals surface area contributed by atoms with Gasteiger partial charge >= 0.3 is 0 Å². The molecule has 9 nitrogen and oxygen atoms in total. The zero-order chi connectivity index (χ0) is 19.3. The number of likely N-dealkylation sites (N-methyl/N-ethyl adjacent to an activating group) is 1. The number of benzene rings is 1. The van der Waals surface area contributed by atoms with Gasteiger partial charge in [0, 0.05) is 13.6 Å². The van der Waals surface area contributed by atoms with Crippen LogP contribution in [0.2, 0.25) is 0 Å². The predicted octanol–water partition coefficient (Wildman–Crippen LogP) is -1.62. The lowest BCUT2D eigenvalue weighted by atomic mass is 10.0. The molecule has 2 rings (SSSR count). The number of para-hydroxylation sites is 1. The van der Waals surface area contributed by atoms with Crippen molar-refractivity contribution < 1.29 is 30.3 Å². The lowest BCUT2D eigenvalue weighted by Crippen LogP contribution is -2.50. The van der Waals surface area contributed by atoms with Gasteiger partial charge in [-0.2, -0.15) is 5.10 Å². The molecule has 1 aliphatic heterocycles. The van der Waals surface area contributed by atoms with Gasteiger partial charge in [0.25, 0.3) is 5.91 Å². The molecule has 6 N–H and O–H groups in total. The molecule has 0 unspecified atom stereocenters. The maximum Gasteiger partial charge on any atom is 0.274 e. The monoisotopic (exact) mass is 365 g/mol. The van der Waals surface area contributed by atoms with Crippen molar-refractivity contribution in [2.45, 2.75) is 24.4 Å². The highest BCUT2D eigenvalue weighted by Crippen LogP contribution is 2.19. The first kappa shape index (κ1) is 20.0. The first-order chi connectivity index (χ1) is 12.3. The third-order valence-corrected chi connectivity index (χ3v) is 4.03. The standard InChI is InChI=1S/C17H23N3O6/c1-20(8-13(22)15(24)16(25)14(23)9-21)17(26)12-7-6-10-4-2-3-5-11(10)18-19-12/h2-7,13-16,18,21-25H,8-9H2,1H3/t13-,14+,15+,16+/m0/s1. The van der Waals surface area contributed by atoms with Crippen LogP contribution in [0.1, 0.15) is 5.56 Å². The number of hydrogen-bond acceptors (Lipinski definition) is 8. The number of aliphatic hydroxyl groups is 5. The Bertz CT molecular complexity index is 693. The molecule has 0 saturated carbocycles. The van der Waals surface area contributed by atoms with Gasteiger partial charge in [-0.25, -0.2) is 0 Å². The molecule has 26 heavy (non-hydrogen) atoms. The zero-order valence-corrected chi connectivity index (χ0v) is 14.2. The van der Waals surface area contributed by atoms with Gasteiger partial charge in [0.05, 0.1) is 12.3 Å². The fraction of sp³-hybridized carbons (Fsp3) is 0.412. The summed E-state index contributed by atoms with van der Waals surface area (Å²) in [7, 11) is 1.40. The second kappa shape index (κ2) is 8.88. The predicted molar refractivity (Wildman–Crippen MR) is 95.3 cm³/mol. The molecule has 0 aromatic heterocycles. The highest BCUT2D eigenvalue weighted by Gasteiger charge is 2.31. The molecule has 0 radical (unpaired) electrons. The highest BCUT2D eigenvalue weighted by atomic mass is 16.4. The SMILES string of the molecule is CN(C[C@H](O)[C@@H](O)[C@H](O)[C@H](O)CO)C(=O)C1=NNc2ccccc2C=C1. The van der Waals surface area contributed by atoms with Crippen molar-refractivity contribution in [3.05, 3.63) is 35.9 Å². The average molecular weight is 365 g/mol. The van der Waals surface area contributed by atoms with Crippen molar-refractivity contribution >= 4 is 23.4 Å². The summed E-state index contributed by atoms with van der Waals surface area (Å²) in [5.41, 5.74) is 4.49. The number of carbonyl (C=O) groups is 1. The summed E-state index contributed by atoms with van der Waals surface area (Å²) in [6.45, 7) is -1.08. The van der Waals surface area contributed by atoms with Crippen LogP contribution in [-0.4, -0.2) is 86.7 Å². The Balaban J connectivity index is 2.00. The molecule has 0 spiro atoms. The third-order valence-electron chi connectivity index (χ3n) is 4.03. The Morgan fingerprint density at radius 3 is 2.46 bits per heavy atom. The van der Waals surface area contributed by atoms with Crippen molar-refractivity contribution in [3.63, 3.8) is 0 Å². The summed E-state index contributed by atoms with van der Waals surface area (Å²) in [6, 6.07) is 7.36. The van der Waals surface area contributed by atoms with E-state index in [9.17, 15) is 25.2 Å². The van der Waals surface area contributed by atoms with Crippen molar-refractivity contribution in [1.82, 2.24) is 4.90 Å². The van der Waals surface area contributed by atoms with Crippen molar-refractivity contribution in [2.75, 3.05) is 25.6 Å². The van der Waals surface area contributed by atoms with Crippen LogP contribution in [-0.2, 0) is 4.79 Å². The summed E-state index contributed by atoms with van der Waals surface area (Å²) >= 11 is 0. The number of fused-ring (bicyclic) bond motifs is 1.